The zero-order chi connectivity index (χ0) is 14.5. The van der Waals surface area contributed by atoms with Crippen LogP contribution in [0.4, 0.5) is 4.39 Å². The Bertz CT molecular complexity index is 475. The van der Waals surface area contributed by atoms with E-state index >= 15 is 0 Å². The number of hydrogen-bond acceptors (Lipinski definition) is 2. The molecule has 0 bridgehead atoms. The zero-order valence-electron chi connectivity index (χ0n) is 11.7. The molecule has 1 amide bonds. The Labute approximate surface area is 127 Å². The molecule has 0 radical (unpaired) electrons. The highest BCUT2D eigenvalue weighted by atomic mass is 79.9. The Hall–Kier alpha value is -0.940. The number of carbonyl (C=O) groups excluding carboxylic acids is 1. The molecule has 1 heterocycles. The third kappa shape index (κ3) is 4.03. The summed E-state index contributed by atoms with van der Waals surface area (Å²) >= 11 is 3.11. The van der Waals surface area contributed by atoms with E-state index in [4.69, 9.17) is 0 Å². The number of hydrogen-bond donors (Lipinski definition) is 1. The molecule has 1 saturated heterocycles. The van der Waals surface area contributed by atoms with Crippen molar-refractivity contribution in [1.29, 1.82) is 0 Å². The van der Waals surface area contributed by atoms with E-state index in [9.17, 15) is 9.18 Å². The maximum Gasteiger partial charge on any atom is 0.252 e. The van der Waals surface area contributed by atoms with Crippen molar-refractivity contribution in [1.82, 2.24) is 10.2 Å². The average Bonchev–Trinajstić information content (AvgIpc) is 2.92. The molecule has 1 atom stereocenters. The van der Waals surface area contributed by atoms with Crippen LogP contribution in [-0.2, 0) is 0 Å². The lowest BCUT2D eigenvalue weighted by molar-refractivity contribution is 0.0944. The van der Waals surface area contributed by atoms with Gasteiger partial charge in [-0.05, 0) is 59.9 Å². The first-order chi connectivity index (χ1) is 9.58. The normalized spacial score (nSPS) is 17.1. The number of carbonyl (C=O) groups is 1. The molecule has 5 heteroatoms. The number of nitrogens with zero attached hydrogens (tertiary/aromatic N) is 1. The van der Waals surface area contributed by atoms with Crippen LogP contribution in [0.2, 0.25) is 0 Å². The second kappa shape index (κ2) is 7.18. The van der Waals surface area contributed by atoms with E-state index in [0.717, 1.165) is 19.6 Å². The van der Waals surface area contributed by atoms with Crippen molar-refractivity contribution >= 4 is 21.8 Å². The molecule has 1 fully saturated rings. The summed E-state index contributed by atoms with van der Waals surface area (Å²) in [7, 11) is 0. The lowest BCUT2D eigenvalue weighted by Crippen LogP contribution is -2.34. The molecule has 1 aliphatic heterocycles. The van der Waals surface area contributed by atoms with Crippen LogP contribution >= 0.6 is 15.9 Å². The lowest BCUT2D eigenvalue weighted by atomic mass is 10.1. The van der Waals surface area contributed by atoms with Crippen molar-refractivity contribution in [3.63, 3.8) is 0 Å². The number of halogens is 2. The highest BCUT2D eigenvalue weighted by Gasteiger charge is 2.17. The smallest absolute Gasteiger partial charge is 0.252 e. The number of benzene rings is 1. The monoisotopic (exact) mass is 342 g/mol. The fourth-order valence-corrected chi connectivity index (χ4v) is 2.96. The number of rotatable bonds is 5. The fraction of sp³-hybridized carbons (Fsp3) is 0.533. The van der Waals surface area contributed by atoms with Gasteiger partial charge in [-0.2, -0.15) is 0 Å². The van der Waals surface area contributed by atoms with Crippen molar-refractivity contribution in [2.75, 3.05) is 26.2 Å². The predicted octanol–water partition coefficient (Wildman–Crippen LogP) is 3.05. The summed E-state index contributed by atoms with van der Waals surface area (Å²) in [6.45, 7) is 6.06. The Kier molecular flexibility index (Phi) is 5.54. The molecule has 1 aromatic carbocycles. The molecule has 0 aliphatic carbocycles. The first kappa shape index (κ1) is 15.4. The standard InChI is InChI=1S/C15H20BrFN2O/c1-11(10-19-7-2-3-8-19)9-18-15(20)12-5-4-6-13(17)14(12)16/h4-6,11H,2-3,7-10H2,1H3,(H,18,20). The van der Waals surface area contributed by atoms with Crippen LogP contribution in [0, 0.1) is 11.7 Å². The first-order valence-electron chi connectivity index (χ1n) is 7.02. The number of likely N-dealkylation sites (tertiary alicyclic amines) is 1. The van der Waals surface area contributed by atoms with Gasteiger partial charge in [-0.3, -0.25) is 4.79 Å². The van der Waals surface area contributed by atoms with Gasteiger partial charge in [0.1, 0.15) is 5.82 Å². The molecule has 0 aromatic heterocycles. The molecule has 1 aromatic rings. The third-order valence-electron chi connectivity index (χ3n) is 3.58. The summed E-state index contributed by atoms with van der Waals surface area (Å²) in [5, 5.41) is 2.88. The van der Waals surface area contributed by atoms with E-state index < -0.39 is 5.82 Å². The van der Waals surface area contributed by atoms with Crippen molar-refractivity contribution in [2.45, 2.75) is 19.8 Å². The average molecular weight is 343 g/mol. The molecular formula is C15H20BrFN2O. The van der Waals surface area contributed by atoms with Crippen LogP contribution in [0.25, 0.3) is 0 Å². The van der Waals surface area contributed by atoms with Gasteiger partial charge < -0.3 is 10.2 Å². The molecule has 0 saturated carbocycles. The summed E-state index contributed by atoms with van der Waals surface area (Å²) in [6.07, 6.45) is 2.55. The van der Waals surface area contributed by atoms with Crippen molar-refractivity contribution in [3.8, 4) is 0 Å². The molecule has 1 unspecified atom stereocenters. The molecule has 3 nitrogen and oxygen atoms in total. The maximum absolute atomic E-state index is 13.4. The van der Waals surface area contributed by atoms with Crippen molar-refractivity contribution in [3.05, 3.63) is 34.1 Å². The Morgan fingerprint density at radius 1 is 1.45 bits per heavy atom. The van der Waals surface area contributed by atoms with E-state index in [1.165, 1.54) is 18.9 Å². The topological polar surface area (TPSA) is 32.3 Å². The van der Waals surface area contributed by atoms with Gasteiger partial charge in [-0.25, -0.2) is 4.39 Å². The third-order valence-corrected chi connectivity index (χ3v) is 4.38. The van der Waals surface area contributed by atoms with Gasteiger partial charge >= 0.3 is 0 Å². The first-order valence-corrected chi connectivity index (χ1v) is 7.82. The minimum absolute atomic E-state index is 0.227. The Balaban J connectivity index is 1.83. The SMILES string of the molecule is CC(CNC(=O)c1cccc(F)c1Br)CN1CCCC1. The quantitative estimate of drug-likeness (QED) is 0.891. The van der Waals surface area contributed by atoms with Crippen LogP contribution in [0.1, 0.15) is 30.1 Å². The van der Waals surface area contributed by atoms with E-state index in [2.05, 4.69) is 33.1 Å². The van der Waals surface area contributed by atoms with Crippen LogP contribution in [0.15, 0.2) is 22.7 Å². The van der Waals surface area contributed by atoms with Crippen molar-refractivity contribution < 1.29 is 9.18 Å². The van der Waals surface area contributed by atoms with Gasteiger partial charge in [0.25, 0.3) is 5.91 Å². The van der Waals surface area contributed by atoms with E-state index in [0.29, 0.717) is 18.0 Å². The van der Waals surface area contributed by atoms with Crippen molar-refractivity contribution in [2.24, 2.45) is 5.92 Å². The van der Waals surface area contributed by atoms with Gasteiger partial charge in [0, 0.05) is 13.1 Å². The molecule has 2 rings (SSSR count). The summed E-state index contributed by atoms with van der Waals surface area (Å²) in [5.74, 6) is -0.253. The van der Waals surface area contributed by atoms with Gasteiger partial charge in [0.15, 0.2) is 0 Å². The summed E-state index contributed by atoms with van der Waals surface area (Å²) < 4.78 is 13.6. The van der Waals surface area contributed by atoms with E-state index in [-0.39, 0.29) is 10.4 Å². The molecule has 0 spiro atoms. The van der Waals surface area contributed by atoms with Gasteiger partial charge in [-0.15, -0.1) is 0 Å². The summed E-state index contributed by atoms with van der Waals surface area (Å²) in [5.41, 5.74) is 0.346. The highest BCUT2D eigenvalue weighted by molar-refractivity contribution is 9.10. The van der Waals surface area contributed by atoms with Gasteiger partial charge in [0.05, 0.1) is 10.0 Å². The van der Waals surface area contributed by atoms with E-state index in [1.54, 1.807) is 12.1 Å². The van der Waals surface area contributed by atoms with Crippen LogP contribution in [-0.4, -0.2) is 37.0 Å². The van der Waals surface area contributed by atoms with Crippen LogP contribution in [0.5, 0.6) is 0 Å². The summed E-state index contributed by atoms with van der Waals surface area (Å²) in [6, 6.07) is 4.49. The molecule has 110 valence electrons. The lowest BCUT2D eigenvalue weighted by Gasteiger charge is -2.20. The fourth-order valence-electron chi connectivity index (χ4n) is 2.51. The number of amides is 1. The summed E-state index contributed by atoms with van der Waals surface area (Å²) in [4.78, 5) is 14.5. The van der Waals surface area contributed by atoms with Gasteiger partial charge in [-0.1, -0.05) is 13.0 Å². The largest absolute Gasteiger partial charge is 0.352 e. The minimum atomic E-state index is -0.414. The Morgan fingerprint density at radius 2 is 2.15 bits per heavy atom. The van der Waals surface area contributed by atoms with Crippen LogP contribution in [0.3, 0.4) is 0 Å². The zero-order valence-corrected chi connectivity index (χ0v) is 13.2. The second-order valence-corrected chi connectivity index (χ2v) is 6.22. The minimum Gasteiger partial charge on any atom is -0.352 e. The number of nitrogens with one attached hydrogen (secondary N) is 1. The van der Waals surface area contributed by atoms with Crippen LogP contribution < -0.4 is 5.32 Å². The molecular weight excluding hydrogens is 323 g/mol. The highest BCUT2D eigenvalue weighted by Crippen LogP contribution is 2.20. The van der Waals surface area contributed by atoms with E-state index in [1.807, 2.05) is 0 Å². The molecule has 1 N–H and O–H groups in total. The molecule has 20 heavy (non-hydrogen) atoms. The maximum atomic E-state index is 13.4. The second-order valence-electron chi connectivity index (χ2n) is 5.42. The predicted molar refractivity (Wildman–Crippen MR) is 81.3 cm³/mol. The van der Waals surface area contributed by atoms with Gasteiger partial charge in [0.2, 0.25) is 0 Å². The Morgan fingerprint density at radius 3 is 2.85 bits per heavy atom. The molecule has 1 aliphatic rings.